The number of rotatable bonds is 32. The molecule has 45 heavy (non-hydrogen) atoms. The maximum Gasteiger partial charge on any atom is 0.306 e. The van der Waals surface area contributed by atoms with Crippen LogP contribution in [-0.4, -0.2) is 37.0 Å². The lowest BCUT2D eigenvalue weighted by Gasteiger charge is -2.15. The largest absolute Gasteiger partial charge is 0.457 e. The molecule has 1 unspecified atom stereocenters. The van der Waals surface area contributed by atoms with Crippen molar-refractivity contribution in [3.8, 4) is 0 Å². The SMILES string of the molecule is CC/C=C\C/C=C\C/C=C\C/C=C\C/C=C\C/C=C\CCC(=O)OC(CO)COCCCCCCCC/C=C\CCCCCC. The smallest absolute Gasteiger partial charge is 0.306 e. The minimum absolute atomic E-state index is 0.209. The van der Waals surface area contributed by atoms with Crippen molar-refractivity contribution < 1.29 is 19.4 Å². The number of ether oxygens (including phenoxy) is 2. The van der Waals surface area contributed by atoms with E-state index >= 15 is 0 Å². The maximum absolute atomic E-state index is 12.1. The van der Waals surface area contributed by atoms with E-state index in [2.05, 4.69) is 92.8 Å². The number of aliphatic hydroxyl groups excluding tert-OH is 1. The van der Waals surface area contributed by atoms with Crippen molar-refractivity contribution in [2.45, 2.75) is 148 Å². The predicted molar refractivity (Wildman–Crippen MR) is 195 cm³/mol. The molecule has 0 saturated heterocycles. The molecule has 1 atom stereocenters. The van der Waals surface area contributed by atoms with E-state index < -0.39 is 6.10 Å². The third-order valence-corrected chi connectivity index (χ3v) is 7.22. The number of esters is 1. The zero-order chi connectivity index (χ0) is 32.7. The summed E-state index contributed by atoms with van der Waals surface area (Å²) in [5.74, 6) is -0.288. The Morgan fingerprint density at radius 1 is 0.556 bits per heavy atom. The van der Waals surface area contributed by atoms with Gasteiger partial charge >= 0.3 is 5.97 Å². The molecule has 0 radical (unpaired) electrons. The summed E-state index contributed by atoms with van der Waals surface area (Å²) in [7, 11) is 0. The molecule has 4 heteroatoms. The van der Waals surface area contributed by atoms with Gasteiger partial charge in [-0.05, 0) is 77.0 Å². The lowest BCUT2D eigenvalue weighted by Crippen LogP contribution is -2.27. The molecule has 0 bridgehead atoms. The van der Waals surface area contributed by atoms with Crippen LogP contribution < -0.4 is 0 Å². The number of carbonyl (C=O) groups excluding carboxylic acids is 1. The van der Waals surface area contributed by atoms with Gasteiger partial charge in [-0.15, -0.1) is 0 Å². The van der Waals surface area contributed by atoms with E-state index in [1.54, 1.807) is 0 Å². The average Bonchev–Trinajstić information content (AvgIpc) is 3.05. The van der Waals surface area contributed by atoms with E-state index in [-0.39, 0.29) is 19.2 Å². The van der Waals surface area contributed by atoms with Crippen LogP contribution in [0.15, 0.2) is 85.1 Å². The standard InChI is InChI=1S/C41H68O4/c1-3-5-7-9-11-13-15-17-19-20-21-22-23-24-26-28-30-32-34-36-41(43)45-40(38-42)39-44-37-35-33-31-29-27-25-18-16-14-12-10-8-6-4-2/h5,7,11,13-14,16-17,19,21-22,24,26,30,32,40,42H,3-4,6,8-10,12,15,18,20,23,25,27-29,31,33-39H2,1-2H3/b7-5-,13-11-,16-14-,19-17-,22-21-,26-24-,32-30-. The lowest BCUT2D eigenvalue weighted by molar-refractivity contribution is -0.154. The van der Waals surface area contributed by atoms with Gasteiger partial charge in [0, 0.05) is 13.0 Å². The summed E-state index contributed by atoms with van der Waals surface area (Å²) in [5.41, 5.74) is 0. The normalized spacial score (nSPS) is 13.4. The number of aliphatic hydroxyl groups is 1. The average molecular weight is 625 g/mol. The van der Waals surface area contributed by atoms with Crippen molar-refractivity contribution in [2.24, 2.45) is 0 Å². The van der Waals surface area contributed by atoms with Crippen molar-refractivity contribution in [1.82, 2.24) is 0 Å². The van der Waals surface area contributed by atoms with Gasteiger partial charge in [-0.2, -0.15) is 0 Å². The maximum atomic E-state index is 12.1. The number of hydrogen-bond donors (Lipinski definition) is 1. The van der Waals surface area contributed by atoms with E-state index in [1.807, 2.05) is 6.08 Å². The second-order valence-corrected chi connectivity index (χ2v) is 11.6. The number of hydrogen-bond acceptors (Lipinski definition) is 4. The van der Waals surface area contributed by atoms with Crippen LogP contribution in [0.1, 0.15) is 142 Å². The molecular formula is C41H68O4. The molecule has 0 aliphatic heterocycles. The summed E-state index contributed by atoms with van der Waals surface area (Å²) < 4.78 is 11.0. The Kier molecular flexibility index (Phi) is 35.7. The van der Waals surface area contributed by atoms with Gasteiger partial charge in [0.25, 0.3) is 0 Å². The Bertz CT molecular complexity index is 830. The lowest BCUT2D eigenvalue weighted by atomic mass is 10.1. The van der Waals surface area contributed by atoms with E-state index in [4.69, 9.17) is 9.47 Å². The Balaban J connectivity index is 3.65. The van der Waals surface area contributed by atoms with Gasteiger partial charge in [-0.3, -0.25) is 4.79 Å². The van der Waals surface area contributed by atoms with Crippen molar-refractivity contribution in [3.63, 3.8) is 0 Å². The number of unbranched alkanes of at least 4 members (excludes halogenated alkanes) is 10. The third kappa shape index (κ3) is 35.9. The quantitative estimate of drug-likeness (QED) is 0.0459. The first-order valence-electron chi connectivity index (χ1n) is 18.2. The molecule has 0 aromatic carbocycles. The van der Waals surface area contributed by atoms with Crippen LogP contribution >= 0.6 is 0 Å². The highest BCUT2D eigenvalue weighted by molar-refractivity contribution is 5.69. The van der Waals surface area contributed by atoms with Crippen LogP contribution in [0.2, 0.25) is 0 Å². The molecule has 0 aliphatic rings. The molecule has 0 aromatic rings. The summed E-state index contributed by atoms with van der Waals surface area (Å²) in [5, 5.41) is 9.54. The second-order valence-electron chi connectivity index (χ2n) is 11.6. The topological polar surface area (TPSA) is 55.8 Å². The Morgan fingerprint density at radius 2 is 1.00 bits per heavy atom. The van der Waals surface area contributed by atoms with Gasteiger partial charge in [0.2, 0.25) is 0 Å². The fourth-order valence-electron chi connectivity index (χ4n) is 4.52. The fraction of sp³-hybridized carbons (Fsp3) is 0.634. The van der Waals surface area contributed by atoms with Crippen molar-refractivity contribution in [2.75, 3.05) is 19.8 Å². The molecular weight excluding hydrogens is 556 g/mol. The molecule has 0 saturated carbocycles. The Hall–Kier alpha value is -2.43. The van der Waals surface area contributed by atoms with Crippen LogP contribution in [0.3, 0.4) is 0 Å². The van der Waals surface area contributed by atoms with E-state index in [0.29, 0.717) is 19.4 Å². The molecule has 4 nitrogen and oxygen atoms in total. The van der Waals surface area contributed by atoms with Crippen LogP contribution in [0.4, 0.5) is 0 Å². The minimum Gasteiger partial charge on any atom is -0.457 e. The van der Waals surface area contributed by atoms with Crippen molar-refractivity contribution >= 4 is 5.97 Å². The van der Waals surface area contributed by atoms with Gasteiger partial charge < -0.3 is 14.6 Å². The predicted octanol–water partition coefficient (Wildman–Crippen LogP) is 11.6. The van der Waals surface area contributed by atoms with Gasteiger partial charge in [-0.1, -0.05) is 144 Å². The highest BCUT2D eigenvalue weighted by atomic mass is 16.6. The third-order valence-electron chi connectivity index (χ3n) is 7.22. The van der Waals surface area contributed by atoms with Crippen LogP contribution in [0, 0.1) is 0 Å². The summed E-state index contributed by atoms with van der Waals surface area (Å²) in [6, 6.07) is 0. The second kappa shape index (κ2) is 37.8. The highest BCUT2D eigenvalue weighted by Crippen LogP contribution is 2.09. The summed E-state index contributed by atoms with van der Waals surface area (Å²) in [4.78, 5) is 12.1. The zero-order valence-corrected chi connectivity index (χ0v) is 29.1. The highest BCUT2D eigenvalue weighted by Gasteiger charge is 2.13. The summed E-state index contributed by atoms with van der Waals surface area (Å²) in [6.07, 6.45) is 52.0. The van der Waals surface area contributed by atoms with Crippen LogP contribution in [-0.2, 0) is 14.3 Å². The Morgan fingerprint density at radius 3 is 1.51 bits per heavy atom. The van der Waals surface area contributed by atoms with E-state index in [1.165, 1.54) is 64.2 Å². The van der Waals surface area contributed by atoms with Gasteiger partial charge in [0.15, 0.2) is 0 Å². The molecule has 0 fully saturated rings. The first-order valence-corrected chi connectivity index (χ1v) is 18.2. The molecule has 256 valence electrons. The number of carbonyl (C=O) groups is 1. The van der Waals surface area contributed by atoms with Gasteiger partial charge in [0.05, 0.1) is 13.2 Å². The Labute approximate surface area is 278 Å². The fourth-order valence-corrected chi connectivity index (χ4v) is 4.52. The van der Waals surface area contributed by atoms with Crippen molar-refractivity contribution in [1.29, 1.82) is 0 Å². The molecule has 0 aliphatic carbocycles. The minimum atomic E-state index is -0.581. The summed E-state index contributed by atoms with van der Waals surface area (Å²) in [6.45, 7) is 5.10. The molecule has 0 amide bonds. The zero-order valence-electron chi connectivity index (χ0n) is 29.1. The first kappa shape index (κ1) is 42.6. The molecule has 0 spiro atoms. The monoisotopic (exact) mass is 625 g/mol. The molecule has 0 heterocycles. The molecule has 1 N–H and O–H groups in total. The number of allylic oxidation sites excluding steroid dienone is 14. The van der Waals surface area contributed by atoms with Crippen LogP contribution in [0.5, 0.6) is 0 Å². The first-order chi connectivity index (χ1) is 22.2. The van der Waals surface area contributed by atoms with E-state index in [9.17, 15) is 9.90 Å². The van der Waals surface area contributed by atoms with Crippen LogP contribution in [0.25, 0.3) is 0 Å². The van der Waals surface area contributed by atoms with E-state index in [0.717, 1.165) is 51.4 Å². The van der Waals surface area contributed by atoms with Gasteiger partial charge in [0.1, 0.15) is 6.10 Å². The van der Waals surface area contributed by atoms with Gasteiger partial charge in [-0.25, -0.2) is 0 Å². The van der Waals surface area contributed by atoms with Crippen molar-refractivity contribution in [3.05, 3.63) is 85.1 Å². The molecule has 0 rings (SSSR count). The summed E-state index contributed by atoms with van der Waals surface area (Å²) >= 11 is 0. The molecule has 0 aromatic heterocycles.